The van der Waals surface area contributed by atoms with E-state index in [4.69, 9.17) is 9.47 Å². The summed E-state index contributed by atoms with van der Waals surface area (Å²) in [4.78, 5) is 28.1. The third-order valence-corrected chi connectivity index (χ3v) is 6.67. The lowest BCUT2D eigenvalue weighted by molar-refractivity contribution is -0.132. The second kappa shape index (κ2) is 9.35. The number of aryl methyl sites for hydroxylation is 2. The Morgan fingerprint density at radius 1 is 0.941 bits per heavy atom. The van der Waals surface area contributed by atoms with Gasteiger partial charge in [-0.05, 0) is 88.9 Å². The fraction of sp³-hybridized carbons (Fsp3) is 0.185. The SMILES string of the molecule is COc1cccc(C2/C(=C(\O)c3ccc(OC)c(Br)c3)C(=O)C(=O)N2c2ccc(C)c(C)c2)c1. The molecule has 1 heterocycles. The number of carbonyl (C=O) groups is 2. The van der Waals surface area contributed by atoms with Crippen molar-refractivity contribution in [2.45, 2.75) is 19.9 Å². The van der Waals surface area contributed by atoms with Gasteiger partial charge in [0, 0.05) is 11.3 Å². The smallest absolute Gasteiger partial charge is 0.300 e. The molecule has 7 heteroatoms. The summed E-state index contributed by atoms with van der Waals surface area (Å²) in [5.41, 5.74) is 3.68. The minimum Gasteiger partial charge on any atom is -0.507 e. The summed E-state index contributed by atoms with van der Waals surface area (Å²) in [6, 6.07) is 16.9. The maximum absolute atomic E-state index is 13.3. The Balaban J connectivity index is 1.96. The molecule has 1 fully saturated rings. The normalized spacial score (nSPS) is 17.2. The van der Waals surface area contributed by atoms with E-state index < -0.39 is 17.7 Å². The van der Waals surface area contributed by atoms with Gasteiger partial charge in [0.1, 0.15) is 17.3 Å². The van der Waals surface area contributed by atoms with E-state index in [0.717, 1.165) is 11.1 Å². The van der Waals surface area contributed by atoms with E-state index >= 15 is 0 Å². The number of hydrogen-bond acceptors (Lipinski definition) is 5. The molecule has 3 aromatic carbocycles. The number of ether oxygens (including phenoxy) is 2. The van der Waals surface area contributed by atoms with Crippen molar-refractivity contribution in [3.8, 4) is 11.5 Å². The number of carbonyl (C=O) groups excluding carboxylic acids is 2. The van der Waals surface area contributed by atoms with Gasteiger partial charge in [0.25, 0.3) is 11.7 Å². The average Bonchev–Trinajstić information content (AvgIpc) is 3.10. The molecule has 1 unspecified atom stereocenters. The lowest BCUT2D eigenvalue weighted by Gasteiger charge is -2.26. The topological polar surface area (TPSA) is 76.1 Å². The highest BCUT2D eigenvalue weighted by Crippen LogP contribution is 2.43. The summed E-state index contributed by atoms with van der Waals surface area (Å²) in [6.07, 6.45) is 0. The van der Waals surface area contributed by atoms with Gasteiger partial charge < -0.3 is 14.6 Å². The van der Waals surface area contributed by atoms with Gasteiger partial charge in [-0.1, -0.05) is 18.2 Å². The van der Waals surface area contributed by atoms with Crippen molar-refractivity contribution in [3.63, 3.8) is 0 Å². The van der Waals surface area contributed by atoms with E-state index in [1.807, 2.05) is 38.1 Å². The first-order chi connectivity index (χ1) is 16.3. The lowest BCUT2D eigenvalue weighted by atomic mass is 9.94. The summed E-state index contributed by atoms with van der Waals surface area (Å²) in [5.74, 6) is -0.562. The second-order valence-electron chi connectivity index (χ2n) is 8.06. The molecule has 3 aromatic rings. The molecule has 0 radical (unpaired) electrons. The third-order valence-electron chi connectivity index (χ3n) is 6.05. The minimum absolute atomic E-state index is 0.00791. The Morgan fingerprint density at radius 3 is 2.35 bits per heavy atom. The largest absolute Gasteiger partial charge is 0.507 e. The van der Waals surface area contributed by atoms with Crippen molar-refractivity contribution in [1.82, 2.24) is 0 Å². The summed E-state index contributed by atoms with van der Waals surface area (Å²) >= 11 is 3.42. The van der Waals surface area contributed by atoms with Crippen LogP contribution in [-0.4, -0.2) is 31.0 Å². The standard InChI is InChI=1S/C27H24BrNO5/c1-15-8-10-19(12-16(15)2)29-24(17-6-5-7-20(13-17)33-3)23(26(31)27(29)32)25(30)18-9-11-22(34-4)21(28)14-18/h5-14,24,30H,1-4H3/b25-23+. The predicted molar refractivity (Wildman–Crippen MR) is 134 cm³/mol. The first-order valence-corrected chi connectivity index (χ1v) is 11.4. The molecule has 1 atom stereocenters. The number of aliphatic hydroxyl groups is 1. The zero-order valence-corrected chi connectivity index (χ0v) is 20.8. The van der Waals surface area contributed by atoms with Crippen molar-refractivity contribution in [2.75, 3.05) is 19.1 Å². The van der Waals surface area contributed by atoms with Crippen LogP contribution in [0.4, 0.5) is 5.69 Å². The monoisotopic (exact) mass is 521 g/mol. The highest BCUT2D eigenvalue weighted by Gasteiger charge is 2.47. The van der Waals surface area contributed by atoms with Crippen LogP contribution in [0.5, 0.6) is 11.5 Å². The molecule has 174 valence electrons. The molecule has 4 rings (SSSR count). The van der Waals surface area contributed by atoms with Crippen LogP contribution in [0, 0.1) is 13.8 Å². The van der Waals surface area contributed by atoms with Gasteiger partial charge in [0.15, 0.2) is 0 Å². The number of nitrogens with zero attached hydrogens (tertiary/aromatic N) is 1. The van der Waals surface area contributed by atoms with Crippen molar-refractivity contribution in [3.05, 3.63) is 93.0 Å². The van der Waals surface area contributed by atoms with Gasteiger partial charge in [-0.15, -0.1) is 0 Å². The number of hydrogen-bond donors (Lipinski definition) is 1. The maximum Gasteiger partial charge on any atom is 0.300 e. The number of ketones is 1. The highest BCUT2D eigenvalue weighted by molar-refractivity contribution is 9.10. The zero-order valence-electron chi connectivity index (χ0n) is 19.3. The van der Waals surface area contributed by atoms with Crippen molar-refractivity contribution in [2.24, 2.45) is 0 Å². The number of methoxy groups -OCH3 is 2. The number of Topliss-reactive ketones (excluding diaryl/α,β-unsaturated/α-hetero) is 1. The molecule has 0 saturated carbocycles. The van der Waals surface area contributed by atoms with Crippen LogP contribution in [0.25, 0.3) is 5.76 Å². The number of benzene rings is 3. The van der Waals surface area contributed by atoms with Gasteiger partial charge >= 0.3 is 0 Å². The van der Waals surface area contributed by atoms with E-state index in [1.165, 1.54) is 12.0 Å². The van der Waals surface area contributed by atoms with E-state index in [1.54, 1.807) is 43.5 Å². The molecule has 34 heavy (non-hydrogen) atoms. The van der Waals surface area contributed by atoms with Crippen LogP contribution in [-0.2, 0) is 9.59 Å². The van der Waals surface area contributed by atoms with Gasteiger partial charge in [-0.25, -0.2) is 0 Å². The maximum atomic E-state index is 13.3. The number of halogens is 1. The molecule has 0 spiro atoms. The number of aliphatic hydroxyl groups excluding tert-OH is 1. The molecule has 1 amide bonds. The molecule has 1 aliphatic heterocycles. The van der Waals surface area contributed by atoms with Crippen LogP contribution < -0.4 is 14.4 Å². The summed E-state index contributed by atoms with van der Waals surface area (Å²) in [5, 5.41) is 11.3. The Hall–Kier alpha value is -3.58. The highest BCUT2D eigenvalue weighted by atomic mass is 79.9. The fourth-order valence-corrected chi connectivity index (χ4v) is 4.61. The van der Waals surface area contributed by atoms with Crippen molar-refractivity contribution in [1.29, 1.82) is 0 Å². The number of amides is 1. The van der Waals surface area contributed by atoms with E-state index in [9.17, 15) is 14.7 Å². The van der Waals surface area contributed by atoms with E-state index in [-0.39, 0.29) is 11.3 Å². The second-order valence-corrected chi connectivity index (χ2v) is 8.92. The van der Waals surface area contributed by atoms with Gasteiger partial charge in [0.05, 0.1) is 30.3 Å². The van der Waals surface area contributed by atoms with Crippen molar-refractivity contribution < 1.29 is 24.2 Å². The third kappa shape index (κ3) is 4.07. The first-order valence-electron chi connectivity index (χ1n) is 10.6. The molecule has 0 bridgehead atoms. The Bertz CT molecular complexity index is 1330. The molecule has 0 aromatic heterocycles. The quantitative estimate of drug-likeness (QED) is 0.264. The fourth-order valence-electron chi connectivity index (χ4n) is 4.07. The number of rotatable bonds is 5. The molecular weight excluding hydrogens is 498 g/mol. The van der Waals surface area contributed by atoms with Gasteiger partial charge in [-0.3, -0.25) is 14.5 Å². The molecule has 1 aliphatic rings. The predicted octanol–water partition coefficient (Wildman–Crippen LogP) is 5.71. The molecule has 1 N–H and O–H groups in total. The Kier molecular flexibility index (Phi) is 6.48. The van der Waals surface area contributed by atoms with Crippen LogP contribution in [0.1, 0.15) is 28.3 Å². The minimum atomic E-state index is -0.835. The summed E-state index contributed by atoms with van der Waals surface area (Å²) in [7, 11) is 3.09. The zero-order chi connectivity index (χ0) is 24.6. The Labute approximate surface area is 206 Å². The Morgan fingerprint density at radius 2 is 1.71 bits per heavy atom. The molecule has 6 nitrogen and oxygen atoms in total. The van der Waals surface area contributed by atoms with Gasteiger partial charge in [-0.2, -0.15) is 0 Å². The summed E-state index contributed by atoms with van der Waals surface area (Å²) in [6.45, 7) is 3.93. The first kappa shape index (κ1) is 23.6. The van der Waals surface area contributed by atoms with Crippen molar-refractivity contribution >= 4 is 39.1 Å². The van der Waals surface area contributed by atoms with Crippen LogP contribution in [0.3, 0.4) is 0 Å². The van der Waals surface area contributed by atoms with Crippen LogP contribution in [0.2, 0.25) is 0 Å². The van der Waals surface area contributed by atoms with Crippen LogP contribution >= 0.6 is 15.9 Å². The number of anilines is 1. The molecule has 1 saturated heterocycles. The lowest BCUT2D eigenvalue weighted by Crippen LogP contribution is -2.29. The average molecular weight is 522 g/mol. The van der Waals surface area contributed by atoms with E-state index in [0.29, 0.717) is 32.8 Å². The van der Waals surface area contributed by atoms with Gasteiger partial charge in [0.2, 0.25) is 0 Å². The molecular formula is C27H24BrNO5. The van der Waals surface area contributed by atoms with Crippen LogP contribution in [0.15, 0.2) is 70.7 Å². The summed E-state index contributed by atoms with van der Waals surface area (Å²) < 4.78 is 11.3. The molecule has 0 aliphatic carbocycles. The van der Waals surface area contributed by atoms with E-state index in [2.05, 4.69) is 15.9 Å².